The Morgan fingerprint density at radius 1 is 0.818 bits per heavy atom. The maximum Gasteiger partial charge on any atom is 0.321 e. The van der Waals surface area contributed by atoms with Crippen LogP contribution in [0, 0.1) is 0 Å². The molecule has 106 valence electrons. The molecule has 22 heavy (non-hydrogen) atoms. The predicted molar refractivity (Wildman–Crippen MR) is 83.6 cm³/mol. The molecular formula is C17H12N4O. The Bertz CT molecular complexity index is 901. The van der Waals surface area contributed by atoms with E-state index in [0.717, 1.165) is 22.2 Å². The number of hydrogen-bond donors (Lipinski definition) is 1. The van der Waals surface area contributed by atoms with Crippen LogP contribution >= 0.6 is 0 Å². The SMILES string of the molecule is c1ccc(Oc2ncc(-c3cnc4cc[nH]c4c3)cn2)cc1. The molecule has 0 aliphatic heterocycles. The van der Waals surface area contributed by atoms with E-state index in [1.54, 1.807) is 12.4 Å². The van der Waals surface area contributed by atoms with Gasteiger partial charge < -0.3 is 9.72 Å². The van der Waals surface area contributed by atoms with Crippen molar-refractivity contribution in [3.05, 3.63) is 67.3 Å². The summed E-state index contributed by atoms with van der Waals surface area (Å²) < 4.78 is 5.58. The fraction of sp³-hybridized carbons (Fsp3) is 0. The van der Waals surface area contributed by atoms with E-state index in [9.17, 15) is 0 Å². The molecule has 0 atom stereocenters. The number of para-hydroxylation sites is 1. The lowest BCUT2D eigenvalue weighted by molar-refractivity contribution is 0.442. The Hall–Kier alpha value is -3.21. The van der Waals surface area contributed by atoms with Gasteiger partial charge in [0.1, 0.15) is 5.75 Å². The topological polar surface area (TPSA) is 63.7 Å². The number of pyridine rings is 1. The molecule has 0 fully saturated rings. The highest BCUT2D eigenvalue weighted by molar-refractivity contribution is 5.80. The fourth-order valence-corrected chi connectivity index (χ4v) is 2.20. The molecule has 0 saturated carbocycles. The lowest BCUT2D eigenvalue weighted by Gasteiger charge is -2.04. The van der Waals surface area contributed by atoms with Gasteiger partial charge in [-0.2, -0.15) is 0 Å². The summed E-state index contributed by atoms with van der Waals surface area (Å²) >= 11 is 0. The van der Waals surface area contributed by atoms with Crippen LogP contribution < -0.4 is 4.74 Å². The zero-order chi connectivity index (χ0) is 14.8. The largest absolute Gasteiger partial charge is 0.424 e. The van der Waals surface area contributed by atoms with E-state index < -0.39 is 0 Å². The number of nitrogens with zero attached hydrogens (tertiary/aromatic N) is 3. The molecule has 0 saturated heterocycles. The van der Waals surface area contributed by atoms with Gasteiger partial charge in [0.25, 0.3) is 0 Å². The van der Waals surface area contributed by atoms with Crippen LogP contribution in [0.4, 0.5) is 0 Å². The maximum atomic E-state index is 5.58. The van der Waals surface area contributed by atoms with Crippen molar-refractivity contribution in [1.82, 2.24) is 19.9 Å². The molecule has 1 aromatic carbocycles. The molecular weight excluding hydrogens is 276 g/mol. The third-order valence-electron chi connectivity index (χ3n) is 3.31. The first-order valence-electron chi connectivity index (χ1n) is 6.87. The van der Waals surface area contributed by atoms with Gasteiger partial charge in [0.2, 0.25) is 0 Å². The van der Waals surface area contributed by atoms with E-state index in [-0.39, 0.29) is 0 Å². The first kappa shape index (κ1) is 12.5. The van der Waals surface area contributed by atoms with Crippen LogP contribution in [-0.4, -0.2) is 19.9 Å². The van der Waals surface area contributed by atoms with Crippen molar-refractivity contribution in [3.8, 4) is 22.9 Å². The van der Waals surface area contributed by atoms with Gasteiger partial charge >= 0.3 is 6.01 Å². The van der Waals surface area contributed by atoms with Gasteiger partial charge in [-0.05, 0) is 24.3 Å². The van der Waals surface area contributed by atoms with Crippen LogP contribution in [0.1, 0.15) is 0 Å². The molecule has 4 rings (SSSR count). The van der Waals surface area contributed by atoms with Gasteiger partial charge in [-0.15, -0.1) is 0 Å². The zero-order valence-corrected chi connectivity index (χ0v) is 11.6. The third-order valence-corrected chi connectivity index (χ3v) is 3.31. The van der Waals surface area contributed by atoms with Gasteiger partial charge in [0.15, 0.2) is 0 Å². The number of benzene rings is 1. The number of fused-ring (bicyclic) bond motifs is 1. The van der Waals surface area contributed by atoms with E-state index in [0.29, 0.717) is 11.8 Å². The Balaban J connectivity index is 1.61. The van der Waals surface area contributed by atoms with E-state index in [1.807, 2.05) is 54.9 Å². The molecule has 0 bridgehead atoms. The highest BCUT2D eigenvalue weighted by atomic mass is 16.5. The number of H-pyrrole nitrogens is 1. The molecule has 5 heteroatoms. The Kier molecular flexibility index (Phi) is 3.01. The van der Waals surface area contributed by atoms with Crippen LogP contribution in [0.25, 0.3) is 22.2 Å². The number of nitrogens with one attached hydrogen (secondary N) is 1. The van der Waals surface area contributed by atoms with E-state index in [4.69, 9.17) is 4.74 Å². The Morgan fingerprint density at radius 3 is 2.41 bits per heavy atom. The van der Waals surface area contributed by atoms with Gasteiger partial charge in [-0.3, -0.25) is 4.98 Å². The molecule has 0 spiro atoms. The molecule has 0 aliphatic rings. The molecule has 3 aromatic heterocycles. The molecule has 0 aliphatic carbocycles. The van der Waals surface area contributed by atoms with Crippen LogP contribution in [-0.2, 0) is 0 Å². The van der Waals surface area contributed by atoms with Crippen LogP contribution in [0.2, 0.25) is 0 Å². The molecule has 0 radical (unpaired) electrons. The van der Waals surface area contributed by atoms with Crippen molar-refractivity contribution >= 4 is 11.0 Å². The van der Waals surface area contributed by atoms with Crippen molar-refractivity contribution in [2.75, 3.05) is 0 Å². The number of hydrogen-bond acceptors (Lipinski definition) is 4. The average molecular weight is 288 g/mol. The third kappa shape index (κ3) is 2.40. The van der Waals surface area contributed by atoms with Crippen molar-refractivity contribution in [1.29, 1.82) is 0 Å². The summed E-state index contributed by atoms with van der Waals surface area (Å²) in [6, 6.07) is 13.7. The summed E-state index contributed by atoms with van der Waals surface area (Å²) in [5, 5.41) is 0. The quantitative estimate of drug-likeness (QED) is 0.622. The molecule has 4 aromatic rings. The van der Waals surface area contributed by atoms with Crippen molar-refractivity contribution in [3.63, 3.8) is 0 Å². The summed E-state index contributed by atoms with van der Waals surface area (Å²) in [5.41, 5.74) is 3.78. The molecule has 1 N–H and O–H groups in total. The van der Waals surface area contributed by atoms with Gasteiger partial charge in [0.05, 0.1) is 11.0 Å². The summed E-state index contributed by atoms with van der Waals surface area (Å²) in [5.74, 6) is 0.713. The van der Waals surface area contributed by atoms with Gasteiger partial charge in [-0.25, -0.2) is 9.97 Å². The van der Waals surface area contributed by atoms with Gasteiger partial charge in [0, 0.05) is 35.9 Å². The van der Waals surface area contributed by atoms with Crippen molar-refractivity contribution in [2.24, 2.45) is 0 Å². The van der Waals surface area contributed by atoms with E-state index in [2.05, 4.69) is 19.9 Å². The lowest BCUT2D eigenvalue weighted by atomic mass is 10.1. The normalized spacial score (nSPS) is 10.7. The lowest BCUT2D eigenvalue weighted by Crippen LogP contribution is -1.92. The summed E-state index contributed by atoms with van der Waals surface area (Å²) in [7, 11) is 0. The van der Waals surface area contributed by atoms with E-state index >= 15 is 0 Å². The second-order valence-corrected chi connectivity index (χ2v) is 4.80. The molecule has 0 amide bonds. The van der Waals surface area contributed by atoms with Crippen LogP contribution in [0.15, 0.2) is 67.3 Å². The zero-order valence-electron chi connectivity index (χ0n) is 11.6. The van der Waals surface area contributed by atoms with Crippen molar-refractivity contribution < 1.29 is 4.74 Å². The number of aromatic amines is 1. The Labute approximate surface area is 126 Å². The minimum Gasteiger partial charge on any atom is -0.424 e. The first-order valence-corrected chi connectivity index (χ1v) is 6.87. The highest BCUT2D eigenvalue weighted by Gasteiger charge is 2.05. The second-order valence-electron chi connectivity index (χ2n) is 4.80. The monoisotopic (exact) mass is 288 g/mol. The standard InChI is InChI=1S/C17H12N4O/c1-2-4-14(5-3-1)22-17-20-10-13(11-21-17)12-8-16-15(19-9-12)6-7-18-16/h1-11,18H. The summed E-state index contributed by atoms with van der Waals surface area (Å²) in [6.07, 6.45) is 7.15. The van der Waals surface area contributed by atoms with Crippen LogP contribution in [0.5, 0.6) is 11.8 Å². The molecule has 3 heterocycles. The minimum absolute atomic E-state index is 0.323. The average Bonchev–Trinajstić information content (AvgIpc) is 3.04. The number of aromatic nitrogens is 4. The minimum atomic E-state index is 0.323. The summed E-state index contributed by atoms with van der Waals surface area (Å²) in [6.45, 7) is 0. The van der Waals surface area contributed by atoms with Gasteiger partial charge in [-0.1, -0.05) is 18.2 Å². The molecule has 5 nitrogen and oxygen atoms in total. The second kappa shape index (κ2) is 5.29. The van der Waals surface area contributed by atoms with Crippen molar-refractivity contribution in [2.45, 2.75) is 0 Å². The predicted octanol–water partition coefficient (Wildman–Crippen LogP) is 3.81. The van der Waals surface area contributed by atoms with E-state index in [1.165, 1.54) is 0 Å². The fourth-order valence-electron chi connectivity index (χ4n) is 2.20. The number of rotatable bonds is 3. The number of ether oxygens (including phenoxy) is 1. The smallest absolute Gasteiger partial charge is 0.321 e. The van der Waals surface area contributed by atoms with Crippen LogP contribution in [0.3, 0.4) is 0 Å². The first-order chi connectivity index (χ1) is 10.9. The Morgan fingerprint density at radius 2 is 1.59 bits per heavy atom. The highest BCUT2D eigenvalue weighted by Crippen LogP contribution is 2.22. The molecule has 0 unspecified atom stereocenters. The summed E-state index contributed by atoms with van der Waals surface area (Å²) in [4.78, 5) is 16.0. The maximum absolute atomic E-state index is 5.58.